The van der Waals surface area contributed by atoms with Crippen molar-refractivity contribution in [2.24, 2.45) is 5.92 Å². The molecule has 0 heterocycles. The van der Waals surface area contributed by atoms with E-state index < -0.39 is 25.8 Å². The quantitative estimate of drug-likeness (QED) is 0.383. The second-order valence-electron chi connectivity index (χ2n) is 8.75. The van der Waals surface area contributed by atoms with Crippen LogP contribution in [0.2, 0.25) is 13.1 Å². The molecule has 0 saturated heterocycles. The van der Waals surface area contributed by atoms with Crippen LogP contribution in [0, 0.1) is 17.6 Å². The van der Waals surface area contributed by atoms with Crippen LogP contribution in [0.4, 0.5) is 8.78 Å². The zero-order valence-corrected chi connectivity index (χ0v) is 22.0. The first-order chi connectivity index (χ1) is 14.2. The first-order valence-corrected chi connectivity index (χ1v) is 19.4. The number of halogens is 2. The number of hydrogen-bond donors (Lipinski definition) is 0. The number of allylic oxidation sites excluding steroid dienone is 5. The fourth-order valence-corrected chi connectivity index (χ4v) is 24.8. The van der Waals surface area contributed by atoms with E-state index in [0.717, 1.165) is 11.1 Å². The molecular weight excluding hydrogens is 470 g/mol. The van der Waals surface area contributed by atoms with Gasteiger partial charge in [-0.15, -0.1) is 0 Å². The molecule has 2 aliphatic carbocycles. The summed E-state index contributed by atoms with van der Waals surface area (Å²) in [7, 11) is 0. The van der Waals surface area contributed by atoms with Gasteiger partial charge in [-0.05, 0) is 0 Å². The Morgan fingerprint density at radius 2 is 1.60 bits per heavy atom. The summed E-state index contributed by atoms with van der Waals surface area (Å²) in [4.78, 5) is 0. The Balaban J connectivity index is 1.93. The maximum absolute atomic E-state index is 14.7. The topological polar surface area (TPSA) is 0 Å². The summed E-state index contributed by atoms with van der Waals surface area (Å²) in [6, 6.07) is 12.2. The van der Waals surface area contributed by atoms with E-state index in [1.54, 1.807) is 3.28 Å². The Kier molecular flexibility index (Phi) is 6.03. The Morgan fingerprint density at radius 1 is 0.900 bits per heavy atom. The molecule has 2 atom stereocenters. The van der Waals surface area contributed by atoms with E-state index in [-0.39, 0.29) is 11.6 Å². The van der Waals surface area contributed by atoms with E-state index in [4.69, 9.17) is 0 Å². The minimum absolute atomic E-state index is 0.347. The molecule has 154 valence electrons. The van der Waals surface area contributed by atoms with Crippen molar-refractivity contribution in [2.45, 2.75) is 44.4 Å². The molecule has 4 rings (SSSR count). The predicted octanol–water partition coefficient (Wildman–Crippen LogP) is 7.58. The summed E-state index contributed by atoms with van der Waals surface area (Å²) in [5.74, 6) is -0.212. The Bertz CT molecular complexity index is 1180. The molecule has 2 aromatic carbocycles. The monoisotopic (exact) mass is 496 g/mol. The molecule has 4 heteroatoms. The van der Waals surface area contributed by atoms with Crippen LogP contribution in [-0.4, -0.2) is 5.43 Å². The Hall–Kier alpha value is -1.38. The Labute approximate surface area is 186 Å². The SMILES string of the molecule is CC1=C(C)C(C)[C]([Zr]([CH]2C=C(c3cc(F)ccc3F)c3ccccc32)=[Si](C)C)=C1C. The first-order valence-electron chi connectivity index (χ1n) is 10.5. The fraction of sp³-hybridized carbons (Fsp3) is 0.308. The van der Waals surface area contributed by atoms with Crippen LogP contribution in [0.15, 0.2) is 68.5 Å². The molecule has 0 aromatic heterocycles. The predicted molar refractivity (Wildman–Crippen MR) is 120 cm³/mol. The fourth-order valence-electron chi connectivity index (χ4n) is 5.08. The molecule has 0 nitrogen and oxygen atoms in total. The third kappa shape index (κ3) is 3.50. The van der Waals surface area contributed by atoms with Gasteiger partial charge in [-0.25, -0.2) is 0 Å². The molecule has 0 saturated carbocycles. The molecule has 0 bridgehead atoms. The molecule has 0 fully saturated rings. The van der Waals surface area contributed by atoms with Gasteiger partial charge >= 0.3 is 187 Å². The molecule has 2 aliphatic rings. The molecule has 0 amide bonds. The van der Waals surface area contributed by atoms with Crippen molar-refractivity contribution in [3.63, 3.8) is 0 Å². The summed E-state index contributed by atoms with van der Waals surface area (Å²) in [6.45, 7) is 14.1. The van der Waals surface area contributed by atoms with Crippen molar-refractivity contribution >= 4 is 11.0 Å². The average Bonchev–Trinajstić information content (AvgIpc) is 3.17. The van der Waals surface area contributed by atoms with Crippen molar-refractivity contribution < 1.29 is 29.1 Å². The molecule has 2 aromatic rings. The second kappa shape index (κ2) is 8.28. The van der Waals surface area contributed by atoms with Gasteiger partial charge in [-0.2, -0.15) is 0 Å². The van der Waals surface area contributed by atoms with Gasteiger partial charge in [0.25, 0.3) is 0 Å². The third-order valence-electron chi connectivity index (χ3n) is 6.92. The van der Waals surface area contributed by atoms with Crippen molar-refractivity contribution in [1.82, 2.24) is 0 Å². The van der Waals surface area contributed by atoms with Crippen LogP contribution in [0.5, 0.6) is 0 Å². The maximum atomic E-state index is 14.7. The van der Waals surface area contributed by atoms with Crippen LogP contribution in [0.1, 0.15) is 48.0 Å². The summed E-state index contributed by atoms with van der Waals surface area (Å²) in [6.07, 6.45) is 2.30. The van der Waals surface area contributed by atoms with E-state index in [1.165, 1.54) is 40.5 Å². The second-order valence-corrected chi connectivity index (χ2v) is 26.2. The van der Waals surface area contributed by atoms with Crippen LogP contribution in [-0.2, 0) is 20.4 Å². The summed E-state index contributed by atoms with van der Waals surface area (Å²) in [5.41, 5.74) is 7.64. The van der Waals surface area contributed by atoms with Crippen molar-refractivity contribution in [3.05, 3.63) is 96.9 Å². The third-order valence-corrected chi connectivity index (χ3v) is 25.5. The summed E-state index contributed by atoms with van der Waals surface area (Å²) >= 11 is -2.13. The molecular formula is C26H28F2SiZr. The van der Waals surface area contributed by atoms with Gasteiger partial charge in [0.05, 0.1) is 0 Å². The van der Waals surface area contributed by atoms with Gasteiger partial charge in [-0.3, -0.25) is 0 Å². The van der Waals surface area contributed by atoms with E-state index in [1.807, 2.05) is 6.07 Å². The summed E-state index contributed by atoms with van der Waals surface area (Å²) < 4.78 is 30.9. The van der Waals surface area contributed by atoms with Crippen LogP contribution in [0.25, 0.3) is 5.57 Å². The molecule has 2 unspecified atom stereocenters. The van der Waals surface area contributed by atoms with Gasteiger partial charge in [0, 0.05) is 0 Å². The van der Waals surface area contributed by atoms with E-state index in [9.17, 15) is 8.78 Å². The Morgan fingerprint density at radius 3 is 2.23 bits per heavy atom. The van der Waals surface area contributed by atoms with E-state index >= 15 is 0 Å². The van der Waals surface area contributed by atoms with Gasteiger partial charge < -0.3 is 0 Å². The normalized spacial score (nSPS) is 20.6. The molecule has 0 N–H and O–H groups in total. The summed E-state index contributed by atoms with van der Waals surface area (Å²) in [5, 5.41) is 0. The van der Waals surface area contributed by atoms with Crippen molar-refractivity contribution in [1.29, 1.82) is 0 Å². The molecule has 0 radical (unpaired) electrons. The number of hydrogen-bond acceptors (Lipinski definition) is 0. The van der Waals surface area contributed by atoms with Gasteiger partial charge in [-0.1, -0.05) is 0 Å². The molecule has 0 aliphatic heterocycles. The number of fused-ring (bicyclic) bond motifs is 1. The minimum atomic E-state index is -2.13. The zero-order valence-electron chi connectivity index (χ0n) is 18.5. The first kappa shape index (κ1) is 21.8. The van der Waals surface area contributed by atoms with E-state index in [0.29, 0.717) is 15.1 Å². The van der Waals surface area contributed by atoms with Crippen LogP contribution in [0.3, 0.4) is 0 Å². The zero-order chi connectivity index (χ0) is 21.7. The molecule has 0 spiro atoms. The standard InChI is InChI=1S/C15H9F2.C9H13.C2H6Si.Zr/c16-11-6-8-15(17)14(9-11)13-7-5-10-3-1-2-4-12(10)13;1-6-5-7(2)9(4)8(6)3;1-3-2;/h1-9H;6H,1-4H3;1-2H3;. The molecule has 30 heavy (non-hydrogen) atoms. The van der Waals surface area contributed by atoms with Crippen LogP contribution < -0.4 is 0 Å². The van der Waals surface area contributed by atoms with Gasteiger partial charge in [0.15, 0.2) is 0 Å². The van der Waals surface area contributed by atoms with Crippen LogP contribution >= 0.6 is 0 Å². The average molecular weight is 498 g/mol. The number of rotatable bonds is 3. The number of benzene rings is 2. The van der Waals surface area contributed by atoms with E-state index in [2.05, 4.69) is 65.1 Å². The van der Waals surface area contributed by atoms with Gasteiger partial charge in [0.2, 0.25) is 0 Å². The van der Waals surface area contributed by atoms with Crippen molar-refractivity contribution in [3.8, 4) is 0 Å². The van der Waals surface area contributed by atoms with Gasteiger partial charge in [0.1, 0.15) is 0 Å². The van der Waals surface area contributed by atoms with Crippen molar-refractivity contribution in [2.75, 3.05) is 0 Å².